The number of hydrogen-bond donors (Lipinski definition) is 2. The lowest BCUT2D eigenvalue weighted by molar-refractivity contribution is -0.131. The highest BCUT2D eigenvalue weighted by atomic mass is 127. The van der Waals surface area contributed by atoms with Crippen LogP contribution in [0.25, 0.3) is 6.08 Å². The maximum Gasteiger partial charge on any atom is 0.342 e. The van der Waals surface area contributed by atoms with Gasteiger partial charge in [0.05, 0.1) is 8.04 Å². The van der Waals surface area contributed by atoms with Crippen molar-refractivity contribution < 1.29 is 19.4 Å². The third-order valence-electron chi connectivity index (χ3n) is 2.50. The van der Waals surface area contributed by atoms with Gasteiger partial charge in [-0.1, -0.05) is 6.92 Å². The van der Waals surface area contributed by atoms with Crippen LogP contribution >= 0.6 is 50.3 Å². The number of carbonyl (C=O) groups is 1. The van der Waals surface area contributed by atoms with Gasteiger partial charge in [0.2, 0.25) is 5.89 Å². The maximum atomic E-state index is 11.4. The van der Waals surface area contributed by atoms with Crippen molar-refractivity contribution >= 4 is 62.3 Å². The Morgan fingerprint density at radius 1 is 1.50 bits per heavy atom. The number of nitrogens with zero attached hydrogens (tertiary/aromatic N) is 2. The van der Waals surface area contributed by atoms with E-state index in [2.05, 4.69) is 26.1 Å². The molecule has 2 N–H and O–H groups in total. The molecule has 0 saturated carbocycles. The van der Waals surface area contributed by atoms with E-state index in [4.69, 9.17) is 4.42 Å². The molecule has 0 fully saturated rings. The molecule has 0 radical (unpaired) electrons. The smallest absolute Gasteiger partial charge is 0.342 e. The normalized spacial score (nSPS) is 11.7. The fourth-order valence-electron chi connectivity index (χ4n) is 1.47. The number of rotatable bonds is 5. The Hall–Kier alpha value is -1.07. The van der Waals surface area contributed by atoms with Crippen LogP contribution in [0.5, 0.6) is 5.75 Å². The maximum absolute atomic E-state index is 11.4. The van der Waals surface area contributed by atoms with Gasteiger partial charge in [0.15, 0.2) is 0 Å². The second kappa shape index (κ2) is 7.47. The van der Waals surface area contributed by atoms with E-state index in [-0.39, 0.29) is 15.9 Å². The van der Waals surface area contributed by atoms with Gasteiger partial charge in [0, 0.05) is 6.42 Å². The van der Waals surface area contributed by atoms with Gasteiger partial charge in [-0.05, 0) is 74.1 Å². The fraction of sp³-hybridized carbons (Fsp3) is 0.154. The molecular weight excluding hydrogens is 487 g/mol. The average Bonchev–Trinajstić information content (AvgIpc) is 2.91. The number of carboxylic acid groups (broad SMARTS) is 1. The number of halogens is 2. The zero-order valence-electron chi connectivity index (χ0n) is 11.2. The molecule has 2 aromatic rings. The summed E-state index contributed by atoms with van der Waals surface area (Å²) >= 11 is 6.08. The largest absolute Gasteiger partial charge is 0.506 e. The van der Waals surface area contributed by atoms with Gasteiger partial charge in [-0.15, -0.1) is 10.2 Å². The Labute approximate surface area is 152 Å². The molecule has 1 aromatic heterocycles. The summed E-state index contributed by atoms with van der Waals surface area (Å²) in [5, 5.41) is 26.8. The summed E-state index contributed by atoms with van der Waals surface area (Å²) in [5.41, 5.74) is 0.634. The molecule has 2 rings (SSSR count). The third-order valence-corrected chi connectivity index (χ3v) is 4.77. The van der Waals surface area contributed by atoms with Crippen LogP contribution in [0.4, 0.5) is 0 Å². The summed E-state index contributed by atoms with van der Waals surface area (Å²) in [6, 6.07) is 3.31. The van der Waals surface area contributed by atoms with E-state index < -0.39 is 5.97 Å². The van der Waals surface area contributed by atoms with Crippen LogP contribution in [0.1, 0.15) is 18.4 Å². The first-order chi connectivity index (χ1) is 10.4. The summed E-state index contributed by atoms with van der Waals surface area (Å²) < 4.78 is 6.41. The van der Waals surface area contributed by atoms with E-state index in [1.165, 1.54) is 6.08 Å². The molecule has 6 nitrogen and oxygen atoms in total. The Kier molecular flexibility index (Phi) is 5.87. The van der Waals surface area contributed by atoms with Gasteiger partial charge in [0.1, 0.15) is 10.7 Å². The number of benzene rings is 1. The quantitative estimate of drug-likeness (QED) is 0.368. The highest BCUT2D eigenvalue weighted by Crippen LogP contribution is 2.33. The number of thioether (sulfide) groups is 1. The van der Waals surface area contributed by atoms with E-state index in [0.717, 1.165) is 11.8 Å². The number of aliphatic carboxylic acids is 1. The number of aromatic nitrogens is 2. The zero-order valence-corrected chi connectivity index (χ0v) is 15.8. The first-order valence-corrected chi connectivity index (χ1v) is 8.72. The lowest BCUT2D eigenvalue weighted by Crippen LogP contribution is -1.97. The molecule has 0 amide bonds. The SMILES string of the molecule is CCc1nnc(S/C(=C\c2cc(Br)c(O)c(I)c2)C(=O)O)o1. The summed E-state index contributed by atoms with van der Waals surface area (Å²) in [6.45, 7) is 1.87. The van der Waals surface area contributed by atoms with Crippen LogP contribution in [-0.2, 0) is 11.2 Å². The van der Waals surface area contributed by atoms with Crippen LogP contribution in [0.15, 0.2) is 31.2 Å². The Morgan fingerprint density at radius 3 is 2.77 bits per heavy atom. The molecule has 0 aliphatic carbocycles. The fourth-order valence-corrected chi connectivity index (χ4v) is 3.66. The average molecular weight is 497 g/mol. The molecule has 1 heterocycles. The summed E-state index contributed by atoms with van der Waals surface area (Å²) in [5.74, 6) is -0.526. The Bertz CT molecular complexity index is 724. The van der Waals surface area contributed by atoms with Gasteiger partial charge in [-0.25, -0.2) is 4.79 Å². The number of hydrogen-bond acceptors (Lipinski definition) is 6. The minimum absolute atomic E-state index is 0.0414. The molecule has 116 valence electrons. The summed E-state index contributed by atoms with van der Waals surface area (Å²) in [4.78, 5) is 11.4. The van der Waals surface area contributed by atoms with Crippen LogP contribution in [0, 0.1) is 3.57 Å². The molecule has 0 aliphatic heterocycles. The predicted octanol–water partition coefficient (Wildman–Crippen LogP) is 3.92. The van der Waals surface area contributed by atoms with Crippen molar-refractivity contribution in [3.8, 4) is 5.75 Å². The van der Waals surface area contributed by atoms with Crippen molar-refractivity contribution in [2.75, 3.05) is 0 Å². The first-order valence-electron chi connectivity index (χ1n) is 6.04. The second-order valence-corrected chi connectivity index (χ2v) is 7.07. The zero-order chi connectivity index (χ0) is 16.3. The number of carboxylic acids is 1. The molecule has 0 atom stereocenters. The Balaban J connectivity index is 2.33. The summed E-state index contributed by atoms with van der Waals surface area (Å²) in [7, 11) is 0. The lowest BCUT2D eigenvalue weighted by Gasteiger charge is -2.04. The molecular formula is C13H10BrIN2O4S. The number of phenolic OH excluding ortho intramolecular Hbond substituents is 1. The minimum Gasteiger partial charge on any atom is -0.506 e. The standard InChI is InChI=1S/C13H10BrIN2O4S/c1-2-10-16-17-13(21-10)22-9(12(19)20)5-6-3-7(14)11(18)8(15)4-6/h3-5,18H,2H2,1H3,(H,19,20)/b9-5-. The van der Waals surface area contributed by atoms with Crippen LogP contribution < -0.4 is 0 Å². The van der Waals surface area contributed by atoms with Gasteiger partial charge in [0.25, 0.3) is 5.22 Å². The summed E-state index contributed by atoms with van der Waals surface area (Å²) in [6.07, 6.45) is 2.07. The highest BCUT2D eigenvalue weighted by Gasteiger charge is 2.15. The van der Waals surface area contributed by atoms with Crippen molar-refractivity contribution in [1.29, 1.82) is 0 Å². The second-order valence-electron chi connectivity index (χ2n) is 4.06. The highest BCUT2D eigenvalue weighted by molar-refractivity contribution is 14.1. The van der Waals surface area contributed by atoms with Crippen molar-refractivity contribution in [1.82, 2.24) is 10.2 Å². The van der Waals surface area contributed by atoms with Crippen LogP contribution in [-0.4, -0.2) is 26.4 Å². The molecule has 1 aromatic carbocycles. The van der Waals surface area contributed by atoms with Gasteiger partial charge >= 0.3 is 5.97 Å². The molecule has 0 saturated heterocycles. The number of aromatic hydroxyl groups is 1. The monoisotopic (exact) mass is 496 g/mol. The predicted molar refractivity (Wildman–Crippen MR) is 93.7 cm³/mol. The van der Waals surface area contributed by atoms with Crippen molar-refractivity contribution in [3.63, 3.8) is 0 Å². The van der Waals surface area contributed by atoms with E-state index in [9.17, 15) is 15.0 Å². The topological polar surface area (TPSA) is 96.5 Å². The molecule has 0 unspecified atom stereocenters. The van der Waals surface area contributed by atoms with Gasteiger partial charge in [-0.2, -0.15) is 0 Å². The molecule has 22 heavy (non-hydrogen) atoms. The van der Waals surface area contributed by atoms with E-state index in [0.29, 0.717) is 25.9 Å². The van der Waals surface area contributed by atoms with Crippen LogP contribution in [0.3, 0.4) is 0 Å². The number of aryl methyl sites for hydroxylation is 1. The Morgan fingerprint density at radius 2 is 2.23 bits per heavy atom. The van der Waals surface area contributed by atoms with Crippen LogP contribution in [0.2, 0.25) is 0 Å². The first kappa shape index (κ1) is 17.3. The molecule has 0 spiro atoms. The van der Waals surface area contributed by atoms with E-state index in [1.54, 1.807) is 12.1 Å². The third kappa shape index (κ3) is 4.23. The molecule has 0 bridgehead atoms. The lowest BCUT2D eigenvalue weighted by atomic mass is 10.2. The van der Waals surface area contributed by atoms with Crippen molar-refractivity contribution in [2.45, 2.75) is 18.6 Å². The van der Waals surface area contributed by atoms with Crippen molar-refractivity contribution in [3.05, 3.63) is 36.5 Å². The molecule has 9 heteroatoms. The minimum atomic E-state index is -1.10. The number of phenols is 1. The van der Waals surface area contributed by atoms with Gasteiger partial charge < -0.3 is 14.6 Å². The van der Waals surface area contributed by atoms with Crippen molar-refractivity contribution in [2.24, 2.45) is 0 Å². The van der Waals surface area contributed by atoms with Gasteiger partial charge in [-0.3, -0.25) is 0 Å². The van der Waals surface area contributed by atoms with E-state index >= 15 is 0 Å². The molecule has 0 aliphatic rings. The van der Waals surface area contributed by atoms with E-state index in [1.807, 2.05) is 29.5 Å².